The van der Waals surface area contributed by atoms with Gasteiger partial charge in [-0.05, 0) is 56.9 Å². The van der Waals surface area contributed by atoms with Gasteiger partial charge in [0.1, 0.15) is 11.4 Å². The first-order valence-electron chi connectivity index (χ1n) is 8.43. The molecule has 3 rings (SSSR count). The zero-order valence-electron chi connectivity index (χ0n) is 14.6. The van der Waals surface area contributed by atoms with Crippen LogP contribution in [0.25, 0.3) is 0 Å². The molecule has 0 bridgehead atoms. The van der Waals surface area contributed by atoms with Crippen molar-refractivity contribution in [2.45, 2.75) is 64.6 Å². The largest absolute Gasteiger partial charge is 0.444 e. The summed E-state index contributed by atoms with van der Waals surface area (Å²) in [6, 6.07) is 4.54. The van der Waals surface area contributed by atoms with Crippen LogP contribution in [0.5, 0.6) is 5.75 Å². The van der Waals surface area contributed by atoms with E-state index < -0.39 is 12.2 Å². The summed E-state index contributed by atoms with van der Waals surface area (Å²) in [6.45, 7) is 3.50. The van der Waals surface area contributed by atoms with Gasteiger partial charge in [0.25, 0.3) is 0 Å². The Balaban J connectivity index is 1.88. The van der Waals surface area contributed by atoms with Gasteiger partial charge in [-0.3, -0.25) is 4.90 Å². The number of fused-ring (bicyclic) bond motifs is 3. The second-order valence-electron chi connectivity index (χ2n) is 7.35. The molecule has 0 N–H and O–H groups in total. The Bertz CT molecular complexity index is 644. The molecule has 1 saturated heterocycles. The van der Waals surface area contributed by atoms with E-state index in [1.54, 1.807) is 17.0 Å². The number of halogens is 2. The number of nitrogens with zero attached hydrogens (tertiary/aromatic N) is 1. The summed E-state index contributed by atoms with van der Waals surface area (Å²) in [5, 5.41) is 0. The molecule has 0 radical (unpaired) electrons. The smallest absolute Gasteiger partial charge is 0.410 e. The predicted octanol–water partition coefficient (Wildman–Crippen LogP) is 4.26. The standard InChI is InChI=1S/C18H23F2NO4/c1-18(2,3)25-17(22)21-8-4-5-14-15(21)13-7-6-12(24-16(19)20)9-11(13)10-23-14/h6-7,9,14-16H,4-5,8,10H2,1-3H3/t14-,15-/m0/s1. The Labute approximate surface area is 145 Å². The van der Waals surface area contributed by atoms with Crippen LogP contribution >= 0.6 is 0 Å². The number of rotatable bonds is 2. The third-order valence-corrected chi connectivity index (χ3v) is 4.31. The molecule has 1 fully saturated rings. The molecule has 0 aromatic heterocycles. The molecule has 7 heteroatoms. The van der Waals surface area contributed by atoms with Gasteiger partial charge in [-0.1, -0.05) is 6.07 Å². The van der Waals surface area contributed by atoms with Crippen LogP contribution in [-0.2, 0) is 16.1 Å². The van der Waals surface area contributed by atoms with Gasteiger partial charge in [-0.2, -0.15) is 8.78 Å². The second kappa shape index (κ2) is 6.78. The SMILES string of the molecule is CC(C)(C)OC(=O)N1CCC[C@@H]2OCc3cc(OC(F)F)ccc3[C@@H]21. The number of alkyl halides is 2. The third kappa shape index (κ3) is 4.03. The highest BCUT2D eigenvalue weighted by Crippen LogP contribution is 2.41. The third-order valence-electron chi connectivity index (χ3n) is 4.31. The Morgan fingerprint density at radius 2 is 2.12 bits per heavy atom. The van der Waals surface area contributed by atoms with Crippen molar-refractivity contribution in [1.82, 2.24) is 4.90 Å². The molecular weight excluding hydrogens is 332 g/mol. The fourth-order valence-electron chi connectivity index (χ4n) is 3.40. The maximum atomic E-state index is 12.6. The van der Waals surface area contributed by atoms with E-state index in [0.29, 0.717) is 13.2 Å². The van der Waals surface area contributed by atoms with Gasteiger partial charge in [-0.15, -0.1) is 0 Å². The van der Waals surface area contributed by atoms with E-state index in [0.717, 1.165) is 24.0 Å². The quantitative estimate of drug-likeness (QED) is 0.795. The minimum Gasteiger partial charge on any atom is -0.444 e. The number of amides is 1. The van der Waals surface area contributed by atoms with Crippen molar-refractivity contribution in [3.8, 4) is 5.75 Å². The first-order chi connectivity index (χ1) is 11.7. The van der Waals surface area contributed by atoms with Gasteiger partial charge in [0, 0.05) is 6.54 Å². The van der Waals surface area contributed by atoms with Crippen LogP contribution in [-0.4, -0.2) is 35.9 Å². The van der Waals surface area contributed by atoms with Crippen LogP contribution in [0.1, 0.15) is 50.8 Å². The molecule has 138 valence electrons. The number of benzene rings is 1. The predicted molar refractivity (Wildman–Crippen MR) is 86.6 cm³/mol. The van der Waals surface area contributed by atoms with E-state index in [4.69, 9.17) is 9.47 Å². The van der Waals surface area contributed by atoms with Crippen LogP contribution in [0.2, 0.25) is 0 Å². The summed E-state index contributed by atoms with van der Waals surface area (Å²) in [7, 11) is 0. The van der Waals surface area contributed by atoms with Crippen molar-refractivity contribution in [3.05, 3.63) is 29.3 Å². The lowest BCUT2D eigenvalue weighted by molar-refractivity contribution is -0.0718. The zero-order chi connectivity index (χ0) is 18.2. The van der Waals surface area contributed by atoms with Crippen molar-refractivity contribution in [1.29, 1.82) is 0 Å². The van der Waals surface area contributed by atoms with Gasteiger partial charge in [0.2, 0.25) is 0 Å². The minimum atomic E-state index is -2.87. The van der Waals surface area contributed by atoms with Crippen molar-refractivity contribution in [3.63, 3.8) is 0 Å². The number of carbonyl (C=O) groups excluding carboxylic acids is 1. The summed E-state index contributed by atoms with van der Waals surface area (Å²) in [5.41, 5.74) is 1.08. The van der Waals surface area contributed by atoms with E-state index in [-0.39, 0.29) is 24.0 Å². The van der Waals surface area contributed by atoms with Crippen LogP contribution in [0, 0.1) is 0 Å². The fourth-order valence-corrected chi connectivity index (χ4v) is 3.40. The van der Waals surface area contributed by atoms with Gasteiger partial charge in [0.05, 0.1) is 18.8 Å². The Morgan fingerprint density at radius 1 is 1.36 bits per heavy atom. The lowest BCUT2D eigenvalue weighted by Crippen LogP contribution is -2.49. The normalized spacial score (nSPS) is 23.0. The van der Waals surface area contributed by atoms with Gasteiger partial charge in [0.15, 0.2) is 0 Å². The second-order valence-corrected chi connectivity index (χ2v) is 7.35. The Kier molecular flexibility index (Phi) is 4.86. The van der Waals surface area contributed by atoms with Crippen LogP contribution in [0.3, 0.4) is 0 Å². The lowest BCUT2D eigenvalue weighted by atomic mass is 9.87. The highest BCUT2D eigenvalue weighted by Gasteiger charge is 2.41. The highest BCUT2D eigenvalue weighted by molar-refractivity contribution is 5.69. The Hall–Kier alpha value is -1.89. The van der Waals surface area contributed by atoms with Crippen molar-refractivity contribution < 1.29 is 27.8 Å². The first-order valence-corrected chi connectivity index (χ1v) is 8.43. The van der Waals surface area contributed by atoms with Crippen LogP contribution in [0.15, 0.2) is 18.2 Å². The number of likely N-dealkylation sites (tertiary alicyclic amines) is 1. The zero-order valence-corrected chi connectivity index (χ0v) is 14.6. The molecule has 0 aliphatic carbocycles. The summed E-state index contributed by atoms with van der Waals surface area (Å²) >= 11 is 0. The highest BCUT2D eigenvalue weighted by atomic mass is 19.3. The molecule has 2 atom stereocenters. The molecule has 1 aromatic rings. The molecule has 1 aromatic carbocycles. The summed E-state index contributed by atoms with van der Waals surface area (Å²) in [4.78, 5) is 14.3. The summed E-state index contributed by atoms with van der Waals surface area (Å²) in [6.07, 6.45) is 1.18. The maximum absolute atomic E-state index is 12.6. The topological polar surface area (TPSA) is 48.0 Å². The number of ether oxygens (including phenoxy) is 3. The summed E-state index contributed by atoms with van der Waals surface area (Å²) < 4.78 is 40.7. The fraction of sp³-hybridized carbons (Fsp3) is 0.611. The number of hydrogen-bond acceptors (Lipinski definition) is 4. The lowest BCUT2D eigenvalue weighted by Gasteiger charge is -2.44. The van der Waals surface area contributed by atoms with Gasteiger partial charge in [-0.25, -0.2) is 4.79 Å². The van der Waals surface area contributed by atoms with E-state index in [1.807, 2.05) is 20.8 Å². The molecule has 0 spiro atoms. The van der Waals surface area contributed by atoms with Crippen molar-refractivity contribution >= 4 is 6.09 Å². The average molecular weight is 355 g/mol. The Morgan fingerprint density at radius 3 is 2.80 bits per heavy atom. The number of hydrogen-bond donors (Lipinski definition) is 0. The van der Waals surface area contributed by atoms with E-state index >= 15 is 0 Å². The van der Waals surface area contributed by atoms with Crippen molar-refractivity contribution in [2.24, 2.45) is 0 Å². The molecule has 2 aliphatic rings. The van der Waals surface area contributed by atoms with Crippen molar-refractivity contribution in [2.75, 3.05) is 6.54 Å². The van der Waals surface area contributed by atoms with E-state index in [9.17, 15) is 13.6 Å². The molecule has 2 heterocycles. The van der Waals surface area contributed by atoms with E-state index in [1.165, 1.54) is 6.07 Å². The molecule has 0 unspecified atom stereocenters. The average Bonchev–Trinajstić information content (AvgIpc) is 2.51. The van der Waals surface area contributed by atoms with Gasteiger partial charge >= 0.3 is 12.7 Å². The van der Waals surface area contributed by atoms with Crippen LogP contribution < -0.4 is 4.74 Å². The summed E-state index contributed by atoms with van der Waals surface area (Å²) in [5.74, 6) is 0.0930. The van der Waals surface area contributed by atoms with Crippen LogP contribution in [0.4, 0.5) is 13.6 Å². The minimum absolute atomic E-state index is 0.0930. The molecule has 5 nitrogen and oxygen atoms in total. The molecule has 25 heavy (non-hydrogen) atoms. The number of piperidine rings is 1. The molecule has 1 amide bonds. The first kappa shape index (κ1) is 17.9. The molecule has 2 aliphatic heterocycles. The van der Waals surface area contributed by atoms with Gasteiger partial charge < -0.3 is 14.2 Å². The number of carbonyl (C=O) groups is 1. The van der Waals surface area contributed by atoms with E-state index in [2.05, 4.69) is 4.74 Å². The monoisotopic (exact) mass is 355 g/mol. The maximum Gasteiger partial charge on any atom is 0.410 e. The molecular formula is C18H23F2NO4. The molecule has 0 saturated carbocycles.